The van der Waals surface area contributed by atoms with Gasteiger partial charge in [0.25, 0.3) is 0 Å². The summed E-state index contributed by atoms with van der Waals surface area (Å²) in [5.74, 6) is 1.35. The molecule has 0 saturated heterocycles. The van der Waals surface area contributed by atoms with E-state index in [2.05, 4.69) is 16.8 Å². The lowest BCUT2D eigenvalue weighted by Crippen LogP contribution is -2.50. The molecule has 1 aromatic carbocycles. The Morgan fingerprint density at radius 1 is 1.13 bits per heavy atom. The number of fused-ring (bicyclic) bond motifs is 3. The van der Waals surface area contributed by atoms with Gasteiger partial charge in [0.2, 0.25) is 11.8 Å². The molecule has 0 N–H and O–H groups in total. The van der Waals surface area contributed by atoms with Crippen LogP contribution < -0.4 is 4.90 Å². The zero-order chi connectivity index (χ0) is 27.2. The molecular weight excluding hydrogens is 507 g/mol. The molecule has 0 spiro atoms. The summed E-state index contributed by atoms with van der Waals surface area (Å²) in [5, 5.41) is 7.98. The van der Waals surface area contributed by atoms with E-state index in [0.29, 0.717) is 34.0 Å². The molecule has 39 heavy (non-hydrogen) atoms. The number of carbonyl (C=O) groups excluding carboxylic acids is 1. The first kappa shape index (κ1) is 25.8. The first-order chi connectivity index (χ1) is 18.8. The number of nitrogens with zero attached hydrogens (tertiary/aromatic N) is 5. The normalized spacial score (nSPS) is 24.3. The molecule has 206 valence electrons. The molecule has 0 radical (unpaired) electrons. The second-order valence-corrected chi connectivity index (χ2v) is 11.5. The zero-order valence-electron chi connectivity index (χ0n) is 21.8. The van der Waals surface area contributed by atoms with E-state index in [9.17, 15) is 18.0 Å². The summed E-state index contributed by atoms with van der Waals surface area (Å²) < 4.78 is 46.0. The fourth-order valence-corrected chi connectivity index (χ4v) is 6.26. The van der Waals surface area contributed by atoms with Crippen molar-refractivity contribution < 1.29 is 22.5 Å². The predicted molar refractivity (Wildman–Crippen MR) is 139 cm³/mol. The zero-order valence-corrected chi connectivity index (χ0v) is 21.8. The van der Waals surface area contributed by atoms with Crippen molar-refractivity contribution >= 4 is 11.6 Å². The predicted octanol–water partition coefficient (Wildman–Crippen LogP) is 7.09. The number of alkyl halides is 2. The van der Waals surface area contributed by atoms with Crippen LogP contribution in [0.5, 0.6) is 0 Å². The van der Waals surface area contributed by atoms with E-state index in [4.69, 9.17) is 9.51 Å². The number of amides is 1. The molecule has 7 nitrogen and oxygen atoms in total. The molecule has 0 atom stereocenters. The largest absolute Gasteiger partial charge is 0.339 e. The number of allylic oxidation sites excluding steroid dienone is 1. The first-order valence-electron chi connectivity index (χ1n) is 13.7. The van der Waals surface area contributed by atoms with Gasteiger partial charge in [0, 0.05) is 48.2 Å². The summed E-state index contributed by atoms with van der Waals surface area (Å²) in [6.45, 7) is 1.09. The summed E-state index contributed by atoms with van der Waals surface area (Å²) in [7, 11) is 0. The van der Waals surface area contributed by atoms with Crippen molar-refractivity contribution in [2.75, 3.05) is 11.4 Å². The Kier molecular flexibility index (Phi) is 6.59. The van der Waals surface area contributed by atoms with Gasteiger partial charge in [-0.2, -0.15) is 18.9 Å². The molecule has 4 fully saturated rings. The molecule has 7 rings (SSSR count). The van der Waals surface area contributed by atoms with Gasteiger partial charge in [-0.05, 0) is 74.5 Å². The van der Waals surface area contributed by atoms with Crippen molar-refractivity contribution in [2.24, 2.45) is 5.41 Å². The van der Waals surface area contributed by atoms with E-state index in [-0.39, 0.29) is 29.6 Å². The van der Waals surface area contributed by atoms with Gasteiger partial charge >= 0.3 is 6.55 Å². The van der Waals surface area contributed by atoms with Crippen LogP contribution >= 0.6 is 0 Å². The average molecular weight is 540 g/mol. The van der Waals surface area contributed by atoms with Gasteiger partial charge in [-0.25, -0.2) is 9.07 Å². The van der Waals surface area contributed by atoms with Gasteiger partial charge in [-0.3, -0.25) is 4.79 Å². The van der Waals surface area contributed by atoms with Crippen LogP contribution in [0.3, 0.4) is 0 Å². The lowest BCUT2D eigenvalue weighted by molar-refractivity contribution is -0.119. The van der Waals surface area contributed by atoms with Crippen molar-refractivity contribution in [3.63, 3.8) is 0 Å². The number of anilines is 1. The van der Waals surface area contributed by atoms with E-state index in [1.807, 2.05) is 12.1 Å². The number of aromatic nitrogens is 4. The Hall–Kier alpha value is -3.43. The van der Waals surface area contributed by atoms with Gasteiger partial charge in [0.05, 0.1) is 12.0 Å². The first-order valence-corrected chi connectivity index (χ1v) is 13.7. The Morgan fingerprint density at radius 2 is 1.87 bits per heavy atom. The number of carbonyl (C=O) groups is 1. The highest BCUT2D eigenvalue weighted by molar-refractivity contribution is 5.94. The highest BCUT2D eigenvalue weighted by Crippen LogP contribution is 2.58. The van der Waals surface area contributed by atoms with Crippen LogP contribution in [0.25, 0.3) is 11.1 Å². The van der Waals surface area contributed by atoms with Crippen LogP contribution in [0.2, 0.25) is 0 Å². The highest BCUT2D eigenvalue weighted by atomic mass is 19.3. The second-order valence-electron chi connectivity index (χ2n) is 11.5. The molecule has 4 saturated carbocycles. The van der Waals surface area contributed by atoms with Crippen molar-refractivity contribution in [3.8, 4) is 11.1 Å². The molecule has 3 aromatic rings. The van der Waals surface area contributed by atoms with Crippen LogP contribution in [-0.2, 0) is 10.2 Å². The van der Waals surface area contributed by atoms with E-state index in [1.54, 1.807) is 17.0 Å². The molecule has 0 aliphatic heterocycles. The SMILES string of the molecule is C=C(F)CCC(=O)N(CC12CCC(c3nc(C4CC4)no3)(CC1)CC2)c1cccc(-c2cnn(C(F)F)c2)c1. The monoisotopic (exact) mass is 539 g/mol. The quantitative estimate of drug-likeness (QED) is 0.275. The van der Waals surface area contributed by atoms with Gasteiger partial charge in [-0.1, -0.05) is 23.9 Å². The summed E-state index contributed by atoms with van der Waals surface area (Å²) in [6.07, 6.45) is 10.5. The second kappa shape index (κ2) is 9.95. The molecule has 4 aliphatic rings. The summed E-state index contributed by atoms with van der Waals surface area (Å²) >= 11 is 0. The Labute approximate surface area is 225 Å². The number of hydrogen-bond donors (Lipinski definition) is 0. The van der Waals surface area contributed by atoms with Crippen LogP contribution in [0.15, 0.2) is 53.6 Å². The standard InChI is InChI=1S/C29H32F3N5O2/c1-19(30)5-8-24(38)36(23-4-2-3-21(15-23)22-16-33-37(17-22)27(31)32)18-28-9-12-29(13-10-28,14-11-28)26-34-25(35-39-26)20-6-7-20/h2-4,15-17,20,27H,1,5-14,18H2. The van der Waals surface area contributed by atoms with E-state index in [1.165, 1.54) is 12.4 Å². The van der Waals surface area contributed by atoms with Crippen LogP contribution in [0.1, 0.15) is 88.4 Å². The van der Waals surface area contributed by atoms with Crippen LogP contribution in [0.4, 0.5) is 18.9 Å². The lowest BCUT2D eigenvalue weighted by atomic mass is 9.53. The number of halogens is 3. The maximum absolute atomic E-state index is 13.5. The fourth-order valence-electron chi connectivity index (χ4n) is 6.26. The molecule has 2 bridgehead atoms. The summed E-state index contributed by atoms with van der Waals surface area (Å²) in [6, 6.07) is 7.26. The van der Waals surface area contributed by atoms with Crippen molar-refractivity contribution in [2.45, 2.75) is 82.1 Å². The van der Waals surface area contributed by atoms with Gasteiger partial charge in [0.1, 0.15) is 0 Å². The van der Waals surface area contributed by atoms with E-state index >= 15 is 0 Å². The Morgan fingerprint density at radius 3 is 2.51 bits per heavy atom. The molecule has 1 amide bonds. The smallest absolute Gasteiger partial charge is 0.333 e. The van der Waals surface area contributed by atoms with Crippen LogP contribution in [-0.4, -0.2) is 32.4 Å². The average Bonchev–Trinajstić information content (AvgIpc) is 3.45. The topological polar surface area (TPSA) is 77.1 Å². The van der Waals surface area contributed by atoms with E-state index in [0.717, 1.165) is 63.1 Å². The van der Waals surface area contributed by atoms with E-state index < -0.39 is 12.4 Å². The number of hydrogen-bond acceptors (Lipinski definition) is 5. The maximum Gasteiger partial charge on any atom is 0.333 e. The van der Waals surface area contributed by atoms with Gasteiger partial charge in [-0.15, -0.1) is 0 Å². The number of benzene rings is 1. The lowest BCUT2D eigenvalue weighted by Gasteiger charge is -2.53. The number of rotatable bonds is 10. The molecule has 2 heterocycles. The van der Waals surface area contributed by atoms with Crippen LogP contribution in [0, 0.1) is 5.41 Å². The summed E-state index contributed by atoms with van der Waals surface area (Å²) in [5.41, 5.74) is 1.71. The third-order valence-electron chi connectivity index (χ3n) is 8.94. The van der Waals surface area contributed by atoms with Crippen molar-refractivity contribution in [3.05, 3.63) is 60.8 Å². The van der Waals surface area contributed by atoms with Gasteiger partial charge < -0.3 is 9.42 Å². The molecule has 4 aliphatic carbocycles. The minimum atomic E-state index is -2.73. The third kappa shape index (κ3) is 5.13. The minimum Gasteiger partial charge on any atom is -0.339 e. The van der Waals surface area contributed by atoms with Crippen molar-refractivity contribution in [1.29, 1.82) is 0 Å². The Balaban J connectivity index is 1.23. The minimum absolute atomic E-state index is 0.00875. The summed E-state index contributed by atoms with van der Waals surface area (Å²) in [4.78, 5) is 20.0. The maximum atomic E-state index is 13.5. The van der Waals surface area contributed by atoms with Gasteiger partial charge in [0.15, 0.2) is 5.82 Å². The molecular formula is C29H32F3N5O2. The third-order valence-corrected chi connectivity index (χ3v) is 8.94. The molecule has 2 aromatic heterocycles. The Bertz CT molecular complexity index is 1350. The molecule has 10 heteroatoms. The highest BCUT2D eigenvalue weighted by Gasteiger charge is 2.53. The fraction of sp³-hybridized carbons (Fsp3) is 0.517. The van der Waals surface area contributed by atoms with Crippen molar-refractivity contribution in [1.82, 2.24) is 19.9 Å². The molecule has 0 unspecified atom stereocenters.